The van der Waals surface area contributed by atoms with Crippen molar-refractivity contribution in [3.8, 4) is 5.88 Å². The second-order valence-corrected chi connectivity index (χ2v) is 4.89. The van der Waals surface area contributed by atoms with Gasteiger partial charge >= 0.3 is 0 Å². The zero-order chi connectivity index (χ0) is 14.5. The van der Waals surface area contributed by atoms with Crippen molar-refractivity contribution in [1.29, 1.82) is 0 Å². The van der Waals surface area contributed by atoms with Crippen LogP contribution in [0.2, 0.25) is 0 Å². The number of amides is 1. The number of rotatable bonds is 3. The lowest BCUT2D eigenvalue weighted by atomic mass is 10.1. The minimum absolute atomic E-state index is 0.0527. The molecule has 0 aliphatic carbocycles. The first-order chi connectivity index (χ1) is 10.3. The normalized spacial score (nSPS) is 18.3. The van der Waals surface area contributed by atoms with Gasteiger partial charge in [-0.05, 0) is 25.0 Å². The van der Waals surface area contributed by atoms with E-state index in [0.717, 1.165) is 19.4 Å². The van der Waals surface area contributed by atoms with E-state index in [1.54, 1.807) is 41.8 Å². The fraction of sp³-hybridized carbons (Fsp3) is 0.333. The van der Waals surface area contributed by atoms with Crippen LogP contribution in [-0.4, -0.2) is 45.0 Å². The Hall–Kier alpha value is -2.50. The highest BCUT2D eigenvalue weighted by atomic mass is 16.5. The highest BCUT2D eigenvalue weighted by Gasteiger charge is 2.26. The first-order valence-corrected chi connectivity index (χ1v) is 6.96. The fourth-order valence-corrected chi connectivity index (χ4v) is 2.39. The van der Waals surface area contributed by atoms with Gasteiger partial charge in [-0.15, -0.1) is 0 Å². The van der Waals surface area contributed by atoms with E-state index in [1.165, 1.54) is 0 Å². The molecule has 1 atom stereocenters. The van der Waals surface area contributed by atoms with Gasteiger partial charge in [-0.1, -0.05) is 6.07 Å². The average Bonchev–Trinajstić information content (AvgIpc) is 2.56. The van der Waals surface area contributed by atoms with Crippen LogP contribution in [0, 0.1) is 0 Å². The van der Waals surface area contributed by atoms with Crippen molar-refractivity contribution in [1.82, 2.24) is 19.9 Å². The molecule has 6 nitrogen and oxygen atoms in total. The van der Waals surface area contributed by atoms with Gasteiger partial charge < -0.3 is 9.64 Å². The van der Waals surface area contributed by atoms with E-state index in [2.05, 4.69) is 15.0 Å². The molecule has 1 amide bonds. The van der Waals surface area contributed by atoms with Gasteiger partial charge in [0.15, 0.2) is 0 Å². The SMILES string of the molecule is O=C(c1ccccn1)N1CCCC(Oc2cnccn2)C1. The molecule has 1 fully saturated rings. The van der Waals surface area contributed by atoms with E-state index in [1.807, 2.05) is 6.07 Å². The van der Waals surface area contributed by atoms with Crippen LogP contribution in [-0.2, 0) is 0 Å². The molecule has 0 spiro atoms. The van der Waals surface area contributed by atoms with E-state index in [0.29, 0.717) is 18.1 Å². The van der Waals surface area contributed by atoms with Crippen molar-refractivity contribution in [3.05, 3.63) is 48.7 Å². The molecule has 1 unspecified atom stereocenters. The minimum Gasteiger partial charge on any atom is -0.471 e. The molecule has 2 aromatic rings. The predicted octanol–water partition coefficient (Wildman–Crippen LogP) is 1.56. The van der Waals surface area contributed by atoms with Crippen molar-refractivity contribution >= 4 is 5.91 Å². The van der Waals surface area contributed by atoms with Crippen molar-refractivity contribution in [3.63, 3.8) is 0 Å². The molecular formula is C15H16N4O2. The van der Waals surface area contributed by atoms with Gasteiger partial charge in [0.1, 0.15) is 11.8 Å². The zero-order valence-electron chi connectivity index (χ0n) is 11.6. The summed E-state index contributed by atoms with van der Waals surface area (Å²) in [6.07, 6.45) is 8.17. The smallest absolute Gasteiger partial charge is 0.272 e. The summed E-state index contributed by atoms with van der Waals surface area (Å²) in [5, 5.41) is 0. The van der Waals surface area contributed by atoms with Crippen LogP contribution in [0.1, 0.15) is 23.3 Å². The summed E-state index contributed by atoms with van der Waals surface area (Å²) in [4.78, 5) is 26.3. The summed E-state index contributed by atoms with van der Waals surface area (Å²) in [6.45, 7) is 1.28. The van der Waals surface area contributed by atoms with Crippen molar-refractivity contribution in [2.75, 3.05) is 13.1 Å². The minimum atomic E-state index is -0.0527. The summed E-state index contributed by atoms with van der Waals surface area (Å²) < 4.78 is 5.78. The number of hydrogen-bond donors (Lipinski definition) is 0. The summed E-state index contributed by atoms with van der Waals surface area (Å²) in [5.41, 5.74) is 0.470. The van der Waals surface area contributed by atoms with Crippen molar-refractivity contribution in [2.24, 2.45) is 0 Å². The van der Waals surface area contributed by atoms with Crippen LogP contribution in [0.3, 0.4) is 0 Å². The lowest BCUT2D eigenvalue weighted by Gasteiger charge is -2.32. The van der Waals surface area contributed by atoms with Gasteiger partial charge in [-0.25, -0.2) is 4.98 Å². The number of carbonyl (C=O) groups excluding carboxylic acids is 1. The first kappa shape index (κ1) is 13.5. The van der Waals surface area contributed by atoms with Gasteiger partial charge in [0.05, 0.1) is 12.7 Å². The Kier molecular flexibility index (Phi) is 4.04. The van der Waals surface area contributed by atoms with Gasteiger partial charge in [-0.3, -0.25) is 14.8 Å². The Balaban J connectivity index is 1.64. The maximum absolute atomic E-state index is 12.4. The molecule has 108 valence electrons. The summed E-state index contributed by atoms with van der Waals surface area (Å²) in [7, 11) is 0. The summed E-state index contributed by atoms with van der Waals surface area (Å²) in [6, 6.07) is 5.35. The number of carbonyl (C=O) groups is 1. The first-order valence-electron chi connectivity index (χ1n) is 6.96. The molecule has 0 radical (unpaired) electrons. The second-order valence-electron chi connectivity index (χ2n) is 4.89. The molecule has 1 aliphatic heterocycles. The van der Waals surface area contributed by atoms with Crippen LogP contribution >= 0.6 is 0 Å². The molecule has 6 heteroatoms. The van der Waals surface area contributed by atoms with Crippen LogP contribution in [0.4, 0.5) is 0 Å². The van der Waals surface area contributed by atoms with E-state index < -0.39 is 0 Å². The number of nitrogens with zero attached hydrogens (tertiary/aromatic N) is 4. The molecule has 0 saturated carbocycles. The number of likely N-dealkylation sites (tertiary alicyclic amines) is 1. The molecule has 1 aliphatic rings. The number of pyridine rings is 1. The van der Waals surface area contributed by atoms with E-state index in [4.69, 9.17) is 4.74 Å². The monoisotopic (exact) mass is 284 g/mol. The molecule has 1 saturated heterocycles. The lowest BCUT2D eigenvalue weighted by molar-refractivity contribution is 0.0521. The molecular weight excluding hydrogens is 268 g/mol. The average molecular weight is 284 g/mol. The van der Waals surface area contributed by atoms with Gasteiger partial charge in [0.2, 0.25) is 5.88 Å². The molecule has 2 aromatic heterocycles. The van der Waals surface area contributed by atoms with E-state index in [-0.39, 0.29) is 12.0 Å². The van der Waals surface area contributed by atoms with E-state index >= 15 is 0 Å². The zero-order valence-corrected chi connectivity index (χ0v) is 11.6. The Labute approximate surface area is 122 Å². The third-order valence-electron chi connectivity index (χ3n) is 3.38. The molecule has 21 heavy (non-hydrogen) atoms. The van der Waals surface area contributed by atoms with Crippen molar-refractivity contribution in [2.45, 2.75) is 18.9 Å². The second kappa shape index (κ2) is 6.30. The number of aromatic nitrogens is 3. The lowest BCUT2D eigenvalue weighted by Crippen LogP contribution is -2.44. The Bertz CT molecular complexity index is 591. The maximum atomic E-state index is 12.4. The van der Waals surface area contributed by atoms with Crippen LogP contribution < -0.4 is 4.74 Å². The third-order valence-corrected chi connectivity index (χ3v) is 3.38. The highest BCUT2D eigenvalue weighted by Crippen LogP contribution is 2.17. The largest absolute Gasteiger partial charge is 0.471 e. The summed E-state index contributed by atoms with van der Waals surface area (Å²) >= 11 is 0. The maximum Gasteiger partial charge on any atom is 0.272 e. The molecule has 0 aromatic carbocycles. The fourth-order valence-electron chi connectivity index (χ4n) is 2.39. The number of hydrogen-bond acceptors (Lipinski definition) is 5. The Morgan fingerprint density at radius 2 is 2.19 bits per heavy atom. The summed E-state index contributed by atoms with van der Waals surface area (Å²) in [5.74, 6) is 0.442. The van der Waals surface area contributed by atoms with Crippen LogP contribution in [0.5, 0.6) is 5.88 Å². The molecule has 3 rings (SSSR count). The molecule has 3 heterocycles. The third kappa shape index (κ3) is 3.34. The van der Waals surface area contributed by atoms with Gasteiger partial charge in [0.25, 0.3) is 5.91 Å². The number of ether oxygens (including phenoxy) is 1. The highest BCUT2D eigenvalue weighted by molar-refractivity contribution is 5.92. The van der Waals surface area contributed by atoms with Gasteiger partial charge in [-0.2, -0.15) is 0 Å². The van der Waals surface area contributed by atoms with Crippen LogP contribution in [0.25, 0.3) is 0 Å². The van der Waals surface area contributed by atoms with Gasteiger partial charge in [0, 0.05) is 25.1 Å². The quantitative estimate of drug-likeness (QED) is 0.855. The predicted molar refractivity (Wildman–Crippen MR) is 75.8 cm³/mol. The Morgan fingerprint density at radius 1 is 1.24 bits per heavy atom. The molecule has 0 N–H and O–H groups in total. The number of piperidine rings is 1. The van der Waals surface area contributed by atoms with Crippen molar-refractivity contribution < 1.29 is 9.53 Å². The van der Waals surface area contributed by atoms with E-state index in [9.17, 15) is 4.79 Å². The standard InChI is InChI=1S/C15H16N4O2/c20-15(13-5-1-2-6-17-13)19-9-3-4-12(11-19)21-14-10-16-7-8-18-14/h1-2,5-8,10,12H,3-4,9,11H2. The van der Waals surface area contributed by atoms with Crippen LogP contribution in [0.15, 0.2) is 43.0 Å². The molecule has 0 bridgehead atoms. The topological polar surface area (TPSA) is 68.2 Å². The Morgan fingerprint density at radius 3 is 2.95 bits per heavy atom.